The number of carboxylic acid groups (broad SMARTS) is 1. The normalized spacial score (nSPS) is 12.5. The summed E-state index contributed by atoms with van der Waals surface area (Å²) < 4.78 is 0. The molecule has 0 saturated heterocycles. The lowest BCUT2D eigenvalue weighted by Crippen LogP contribution is -2.46. The van der Waals surface area contributed by atoms with Crippen molar-refractivity contribution in [1.82, 2.24) is 5.32 Å². The highest BCUT2D eigenvalue weighted by atomic mass is 35.5. The molecule has 134 valence electrons. The Labute approximate surface area is 150 Å². The number of amides is 1. The van der Waals surface area contributed by atoms with Gasteiger partial charge in [0.15, 0.2) is 0 Å². The molecule has 0 aliphatic rings. The van der Waals surface area contributed by atoms with Gasteiger partial charge >= 0.3 is 5.97 Å². The third kappa shape index (κ3) is 5.66. The van der Waals surface area contributed by atoms with Crippen molar-refractivity contribution < 1.29 is 24.9 Å². The van der Waals surface area contributed by atoms with Gasteiger partial charge in [0, 0.05) is 6.42 Å². The lowest BCUT2D eigenvalue weighted by Gasteiger charge is -2.18. The monoisotopic (exact) mass is 366 g/mol. The second kappa shape index (κ2) is 8.91. The molecule has 25 heavy (non-hydrogen) atoms. The Kier molecular flexibility index (Phi) is 7.22. The standard InChI is InChI=1S/C17H18N2O5.ClH/c18-15(11-3-7-13(21)8-4-11)16(22)19-14(17(23)24)9-10-1-5-12(20)6-2-10;/h1-8,14-15,20-21H,9,18H2,(H,19,22)(H,23,24);1H/t14-,15-;/m0./s1. The number of phenolic OH excluding ortho intramolecular Hbond substituents is 2. The largest absolute Gasteiger partial charge is 0.508 e. The number of nitrogens with one attached hydrogen (secondary N) is 1. The number of aromatic hydroxyl groups is 2. The van der Waals surface area contributed by atoms with Gasteiger partial charge in [-0.15, -0.1) is 12.4 Å². The number of carbonyl (C=O) groups is 2. The van der Waals surface area contributed by atoms with E-state index in [9.17, 15) is 24.9 Å². The molecule has 8 heteroatoms. The van der Waals surface area contributed by atoms with Crippen molar-refractivity contribution in [3.63, 3.8) is 0 Å². The molecule has 7 nitrogen and oxygen atoms in total. The fourth-order valence-electron chi connectivity index (χ4n) is 2.16. The summed E-state index contributed by atoms with van der Waals surface area (Å²) in [5.74, 6) is -1.70. The maximum atomic E-state index is 12.2. The summed E-state index contributed by atoms with van der Waals surface area (Å²) in [7, 11) is 0. The van der Waals surface area contributed by atoms with Crippen LogP contribution in [0.5, 0.6) is 11.5 Å². The van der Waals surface area contributed by atoms with E-state index < -0.39 is 24.0 Å². The van der Waals surface area contributed by atoms with Gasteiger partial charge < -0.3 is 26.4 Å². The second-order valence-electron chi connectivity index (χ2n) is 5.34. The van der Waals surface area contributed by atoms with Gasteiger partial charge in [0.2, 0.25) is 5.91 Å². The number of benzene rings is 2. The third-order valence-electron chi connectivity index (χ3n) is 3.53. The summed E-state index contributed by atoms with van der Waals surface area (Å²) in [6.45, 7) is 0. The van der Waals surface area contributed by atoms with E-state index in [1.54, 1.807) is 12.1 Å². The van der Waals surface area contributed by atoms with Crippen LogP contribution in [0.1, 0.15) is 17.2 Å². The quantitative estimate of drug-likeness (QED) is 0.524. The number of hydrogen-bond donors (Lipinski definition) is 5. The van der Waals surface area contributed by atoms with Crippen molar-refractivity contribution in [2.24, 2.45) is 5.73 Å². The Morgan fingerprint density at radius 3 is 1.92 bits per heavy atom. The van der Waals surface area contributed by atoms with Crippen LogP contribution in [0.25, 0.3) is 0 Å². The van der Waals surface area contributed by atoms with E-state index in [-0.39, 0.29) is 30.3 Å². The van der Waals surface area contributed by atoms with Gasteiger partial charge in [0.05, 0.1) is 0 Å². The van der Waals surface area contributed by atoms with Crippen molar-refractivity contribution in [3.05, 3.63) is 59.7 Å². The minimum absolute atomic E-state index is 0. The number of aliphatic carboxylic acids is 1. The van der Waals surface area contributed by atoms with Gasteiger partial charge in [0.1, 0.15) is 23.6 Å². The highest BCUT2D eigenvalue weighted by molar-refractivity contribution is 5.87. The number of carboxylic acids is 1. The van der Waals surface area contributed by atoms with Crippen LogP contribution in [0.3, 0.4) is 0 Å². The first-order valence-corrected chi connectivity index (χ1v) is 7.22. The lowest BCUT2D eigenvalue weighted by molar-refractivity contribution is -0.142. The average molecular weight is 367 g/mol. The van der Waals surface area contributed by atoms with Crippen molar-refractivity contribution >= 4 is 24.3 Å². The molecule has 0 bridgehead atoms. The van der Waals surface area contributed by atoms with Crippen LogP contribution in [0.15, 0.2) is 48.5 Å². The van der Waals surface area contributed by atoms with E-state index in [0.29, 0.717) is 11.1 Å². The Morgan fingerprint density at radius 1 is 0.960 bits per heavy atom. The molecule has 0 spiro atoms. The van der Waals surface area contributed by atoms with Crippen molar-refractivity contribution in [2.45, 2.75) is 18.5 Å². The molecular formula is C17H19ClN2O5. The molecule has 2 aromatic rings. The van der Waals surface area contributed by atoms with Crippen LogP contribution in [0, 0.1) is 0 Å². The molecule has 2 rings (SSSR count). The molecule has 0 saturated carbocycles. The highest BCUT2D eigenvalue weighted by Gasteiger charge is 2.24. The molecule has 0 aromatic heterocycles. The smallest absolute Gasteiger partial charge is 0.326 e. The topological polar surface area (TPSA) is 133 Å². The minimum atomic E-state index is -1.19. The maximum absolute atomic E-state index is 12.2. The average Bonchev–Trinajstić information content (AvgIpc) is 2.56. The predicted octanol–water partition coefficient (Wildman–Crippen LogP) is 1.33. The van der Waals surface area contributed by atoms with E-state index in [1.165, 1.54) is 36.4 Å². The summed E-state index contributed by atoms with van der Waals surface area (Å²) in [6, 6.07) is 9.63. The summed E-state index contributed by atoms with van der Waals surface area (Å²) in [4.78, 5) is 23.6. The SMILES string of the molecule is Cl.N[C@H](C(=O)N[C@@H](Cc1ccc(O)cc1)C(=O)O)c1ccc(O)cc1. The summed E-state index contributed by atoms with van der Waals surface area (Å²) in [6.07, 6.45) is 0.0592. The third-order valence-corrected chi connectivity index (χ3v) is 3.53. The number of rotatable bonds is 6. The van der Waals surface area contributed by atoms with Gasteiger partial charge in [-0.3, -0.25) is 4.79 Å². The molecular weight excluding hydrogens is 348 g/mol. The van der Waals surface area contributed by atoms with Gasteiger partial charge in [0.25, 0.3) is 0 Å². The van der Waals surface area contributed by atoms with Crippen LogP contribution >= 0.6 is 12.4 Å². The summed E-state index contributed by atoms with van der Waals surface area (Å²) in [5, 5.41) is 30.2. The molecule has 0 unspecified atom stereocenters. The fourth-order valence-corrected chi connectivity index (χ4v) is 2.16. The summed E-state index contributed by atoms with van der Waals surface area (Å²) in [5.41, 5.74) is 6.94. The van der Waals surface area contributed by atoms with Crippen molar-refractivity contribution in [3.8, 4) is 11.5 Å². The molecule has 0 aliphatic heterocycles. The van der Waals surface area contributed by atoms with Crippen molar-refractivity contribution in [2.75, 3.05) is 0 Å². The van der Waals surface area contributed by atoms with Crippen LogP contribution in [0.2, 0.25) is 0 Å². The zero-order valence-corrected chi connectivity index (χ0v) is 13.9. The molecule has 2 aromatic carbocycles. The van der Waals surface area contributed by atoms with Crippen LogP contribution < -0.4 is 11.1 Å². The zero-order valence-electron chi connectivity index (χ0n) is 13.1. The second-order valence-corrected chi connectivity index (χ2v) is 5.34. The Morgan fingerprint density at radius 2 is 1.44 bits per heavy atom. The van der Waals surface area contributed by atoms with E-state index in [1.807, 2.05) is 0 Å². The fraction of sp³-hybridized carbons (Fsp3) is 0.176. The first kappa shape index (κ1) is 20.3. The Balaban J connectivity index is 0.00000312. The van der Waals surface area contributed by atoms with E-state index in [2.05, 4.69) is 5.32 Å². The van der Waals surface area contributed by atoms with Crippen molar-refractivity contribution in [1.29, 1.82) is 0 Å². The first-order chi connectivity index (χ1) is 11.4. The van der Waals surface area contributed by atoms with E-state index in [0.717, 1.165) is 0 Å². The molecule has 6 N–H and O–H groups in total. The van der Waals surface area contributed by atoms with Gasteiger partial charge in [-0.2, -0.15) is 0 Å². The number of phenols is 2. The molecule has 0 aliphatic carbocycles. The predicted molar refractivity (Wildman–Crippen MR) is 93.7 cm³/mol. The van der Waals surface area contributed by atoms with Gasteiger partial charge in [-0.25, -0.2) is 4.79 Å². The molecule has 0 fully saturated rings. The zero-order chi connectivity index (χ0) is 17.7. The molecule has 0 heterocycles. The minimum Gasteiger partial charge on any atom is -0.508 e. The Bertz CT molecular complexity index is 719. The maximum Gasteiger partial charge on any atom is 0.326 e. The highest BCUT2D eigenvalue weighted by Crippen LogP contribution is 2.16. The lowest BCUT2D eigenvalue weighted by atomic mass is 10.0. The summed E-state index contributed by atoms with van der Waals surface area (Å²) >= 11 is 0. The van der Waals surface area contributed by atoms with E-state index in [4.69, 9.17) is 5.73 Å². The first-order valence-electron chi connectivity index (χ1n) is 7.22. The number of carbonyl (C=O) groups excluding carboxylic acids is 1. The number of nitrogens with two attached hydrogens (primary N) is 1. The van der Waals surface area contributed by atoms with Gasteiger partial charge in [-0.05, 0) is 35.4 Å². The van der Waals surface area contributed by atoms with Crippen LogP contribution in [0.4, 0.5) is 0 Å². The number of hydrogen-bond acceptors (Lipinski definition) is 5. The van der Waals surface area contributed by atoms with Gasteiger partial charge in [-0.1, -0.05) is 24.3 Å². The molecule has 2 atom stereocenters. The molecule has 0 radical (unpaired) electrons. The Hall–Kier alpha value is -2.77. The van der Waals surface area contributed by atoms with Crippen LogP contribution in [-0.2, 0) is 16.0 Å². The number of halogens is 1. The van der Waals surface area contributed by atoms with E-state index >= 15 is 0 Å². The van der Waals surface area contributed by atoms with Crippen LogP contribution in [-0.4, -0.2) is 33.2 Å². The molecule has 1 amide bonds.